The van der Waals surface area contributed by atoms with Crippen molar-refractivity contribution in [2.75, 3.05) is 4.90 Å². The van der Waals surface area contributed by atoms with Crippen molar-refractivity contribution in [3.63, 3.8) is 0 Å². The Hall–Kier alpha value is -7.92. The Morgan fingerprint density at radius 3 is 2.02 bits per heavy atom. The third kappa shape index (κ3) is 5.94. The van der Waals surface area contributed by atoms with Crippen molar-refractivity contribution in [3.05, 3.63) is 218 Å². The van der Waals surface area contributed by atoms with Crippen molar-refractivity contribution < 1.29 is 4.42 Å². The van der Waals surface area contributed by atoms with Gasteiger partial charge in [0.2, 0.25) is 0 Å². The highest BCUT2D eigenvalue weighted by atomic mass is 32.1. The van der Waals surface area contributed by atoms with Gasteiger partial charge in [0.1, 0.15) is 5.58 Å². The summed E-state index contributed by atoms with van der Waals surface area (Å²) in [6.07, 6.45) is 6.25. The fourth-order valence-corrected chi connectivity index (χ4v) is 10.9. The molecule has 0 saturated carbocycles. The number of anilines is 3. The summed E-state index contributed by atoms with van der Waals surface area (Å²) >= 11 is 1.87. The van der Waals surface area contributed by atoms with Crippen LogP contribution in [0.25, 0.3) is 104 Å². The molecule has 63 heavy (non-hydrogen) atoms. The lowest BCUT2D eigenvalue weighted by Crippen LogP contribution is -2.10. The number of allylic oxidation sites excluding steroid dienone is 1. The fraction of sp³-hybridized carbons (Fsp3) is 0.0169. The van der Waals surface area contributed by atoms with Crippen LogP contribution in [0.2, 0.25) is 0 Å². The van der Waals surface area contributed by atoms with Crippen LogP contribution in [0.5, 0.6) is 0 Å². The monoisotopic (exact) mass is 824 g/mol. The quantitative estimate of drug-likeness (QED) is 0.152. The van der Waals surface area contributed by atoms with Crippen LogP contribution in [0.15, 0.2) is 211 Å². The molecule has 0 aliphatic rings. The van der Waals surface area contributed by atoms with E-state index < -0.39 is 0 Å². The van der Waals surface area contributed by atoms with Gasteiger partial charge in [-0.1, -0.05) is 152 Å². The number of benzene rings is 9. The maximum absolute atomic E-state index is 6.55. The van der Waals surface area contributed by atoms with Gasteiger partial charge in [0.05, 0.1) is 22.6 Å². The molecule has 0 aliphatic carbocycles. The molecule has 0 unspecified atom stereocenters. The molecular formula is C59H40N2OS. The van der Waals surface area contributed by atoms with Crippen LogP contribution in [0.1, 0.15) is 18.2 Å². The fourth-order valence-electron chi connectivity index (χ4n) is 9.62. The Morgan fingerprint density at radius 2 is 1.21 bits per heavy atom. The van der Waals surface area contributed by atoms with Gasteiger partial charge in [-0.25, -0.2) is 0 Å². The first-order chi connectivity index (χ1) is 31.2. The normalized spacial score (nSPS) is 11.9. The van der Waals surface area contributed by atoms with Gasteiger partial charge >= 0.3 is 0 Å². The van der Waals surface area contributed by atoms with Crippen LogP contribution in [0.4, 0.5) is 17.1 Å². The summed E-state index contributed by atoms with van der Waals surface area (Å²) in [6.45, 7) is 6.37. The number of fused-ring (bicyclic) bond motifs is 8. The van der Waals surface area contributed by atoms with E-state index in [4.69, 9.17) is 4.42 Å². The number of nitrogens with zero attached hydrogens (tertiary/aromatic N) is 2. The molecule has 3 nitrogen and oxygen atoms in total. The van der Waals surface area contributed by atoms with Crippen LogP contribution >= 0.6 is 11.3 Å². The Morgan fingerprint density at radius 1 is 0.556 bits per heavy atom. The zero-order valence-corrected chi connectivity index (χ0v) is 35.4. The zero-order chi connectivity index (χ0) is 42.0. The molecule has 0 spiro atoms. The first-order valence-electron chi connectivity index (χ1n) is 21.4. The van der Waals surface area contributed by atoms with E-state index >= 15 is 0 Å². The van der Waals surface area contributed by atoms with Gasteiger partial charge in [-0.3, -0.25) is 0 Å². The van der Waals surface area contributed by atoms with Crippen LogP contribution in [0.3, 0.4) is 0 Å². The summed E-state index contributed by atoms with van der Waals surface area (Å²) in [5.74, 6) is 0. The van der Waals surface area contributed by atoms with Gasteiger partial charge < -0.3 is 13.9 Å². The minimum Gasteiger partial charge on any atom is -0.454 e. The minimum absolute atomic E-state index is 0.871. The highest BCUT2D eigenvalue weighted by molar-refractivity contribution is 7.26. The number of thiophene rings is 1. The van der Waals surface area contributed by atoms with E-state index in [9.17, 15) is 0 Å². The van der Waals surface area contributed by atoms with Crippen LogP contribution in [0, 0.1) is 0 Å². The van der Waals surface area contributed by atoms with Crippen molar-refractivity contribution in [1.82, 2.24) is 4.57 Å². The van der Waals surface area contributed by atoms with Crippen molar-refractivity contribution in [2.24, 2.45) is 0 Å². The molecule has 9 aromatic carbocycles. The zero-order valence-electron chi connectivity index (χ0n) is 34.6. The molecule has 0 radical (unpaired) electrons. The van der Waals surface area contributed by atoms with Crippen molar-refractivity contribution >= 4 is 104 Å². The highest BCUT2D eigenvalue weighted by Gasteiger charge is 2.21. The molecule has 12 rings (SSSR count). The first kappa shape index (κ1) is 36.9. The molecule has 0 N–H and O–H groups in total. The van der Waals surface area contributed by atoms with Crippen LogP contribution in [-0.4, -0.2) is 4.57 Å². The van der Waals surface area contributed by atoms with Gasteiger partial charge in [0.15, 0.2) is 5.58 Å². The van der Waals surface area contributed by atoms with Gasteiger partial charge in [-0.15, -0.1) is 11.3 Å². The summed E-state index contributed by atoms with van der Waals surface area (Å²) in [5, 5.41) is 8.39. The Labute approximate surface area is 369 Å². The van der Waals surface area contributed by atoms with E-state index in [0.717, 1.165) is 78.0 Å². The van der Waals surface area contributed by atoms with E-state index in [1.807, 2.05) is 29.5 Å². The van der Waals surface area contributed by atoms with Gasteiger partial charge in [-0.2, -0.15) is 0 Å². The smallest absolute Gasteiger partial charge is 0.159 e. The Kier molecular flexibility index (Phi) is 8.73. The molecule has 4 heteroatoms. The van der Waals surface area contributed by atoms with E-state index in [0.29, 0.717) is 0 Å². The molecule has 0 atom stereocenters. The maximum atomic E-state index is 6.55. The maximum Gasteiger partial charge on any atom is 0.159 e. The number of hydrogen-bond donors (Lipinski definition) is 0. The van der Waals surface area contributed by atoms with E-state index in [1.54, 1.807) is 0 Å². The van der Waals surface area contributed by atoms with Crippen molar-refractivity contribution in [3.8, 4) is 27.9 Å². The third-order valence-electron chi connectivity index (χ3n) is 12.5. The number of furan rings is 1. The topological polar surface area (TPSA) is 21.3 Å². The van der Waals surface area contributed by atoms with Crippen LogP contribution in [-0.2, 0) is 0 Å². The highest BCUT2D eigenvalue weighted by Crippen LogP contribution is 2.44. The molecule has 3 aromatic heterocycles. The molecule has 0 amide bonds. The molecule has 0 saturated heterocycles. The average Bonchev–Trinajstić information content (AvgIpc) is 4.01. The van der Waals surface area contributed by atoms with E-state index in [1.165, 1.54) is 42.1 Å². The predicted octanol–water partition coefficient (Wildman–Crippen LogP) is 17.5. The van der Waals surface area contributed by atoms with Crippen LogP contribution < -0.4 is 4.90 Å². The van der Waals surface area contributed by atoms with Gasteiger partial charge in [0, 0.05) is 58.7 Å². The number of hydrogen-bond acceptors (Lipinski definition) is 3. The lowest BCUT2D eigenvalue weighted by molar-refractivity contribution is 0.666. The molecule has 0 aliphatic heterocycles. The largest absolute Gasteiger partial charge is 0.454 e. The standard InChI is InChI=1S/C59H40N2OS/c1-3-14-52-44(4-2)51-37-41(31-36-54(51)61(52)55-24-13-21-49-47-18-7-9-25-56(47)62-58(49)55)38-27-32-42(33-28-38)60(53-23-11-16-39-15-5-6-17-45(39)53)43-34-29-40(30-35-43)46-20-12-22-50-48-19-8-10-26-57(48)63-59(46)50/h3-37H,2H2,1H3/b14-3-. The Bertz CT molecular complexity index is 3760. The van der Waals surface area contributed by atoms with Gasteiger partial charge in [0.25, 0.3) is 0 Å². The summed E-state index contributed by atoms with van der Waals surface area (Å²) < 4.78 is 11.5. The minimum atomic E-state index is 0.871. The summed E-state index contributed by atoms with van der Waals surface area (Å²) in [4.78, 5) is 2.39. The summed E-state index contributed by atoms with van der Waals surface area (Å²) in [5.41, 5.74) is 14.1. The van der Waals surface area contributed by atoms with E-state index in [-0.39, 0.29) is 0 Å². The second-order valence-corrected chi connectivity index (χ2v) is 17.1. The number of rotatable bonds is 8. The lowest BCUT2D eigenvalue weighted by atomic mass is 10.0. The van der Waals surface area contributed by atoms with E-state index in [2.05, 4.69) is 217 Å². The molecule has 298 valence electrons. The summed E-state index contributed by atoms with van der Waals surface area (Å²) in [7, 11) is 0. The van der Waals surface area contributed by atoms with Crippen molar-refractivity contribution in [1.29, 1.82) is 0 Å². The predicted molar refractivity (Wildman–Crippen MR) is 271 cm³/mol. The second kappa shape index (κ2) is 14.9. The molecule has 0 fully saturated rings. The molecule has 0 bridgehead atoms. The summed E-state index contributed by atoms with van der Waals surface area (Å²) in [6, 6.07) is 70.1. The second-order valence-electron chi connectivity index (χ2n) is 16.0. The number of para-hydroxylation sites is 2. The molecule has 3 heterocycles. The van der Waals surface area contributed by atoms with Crippen molar-refractivity contribution in [2.45, 2.75) is 6.92 Å². The first-order valence-corrected chi connectivity index (χ1v) is 22.2. The molecular weight excluding hydrogens is 785 g/mol. The Balaban J connectivity index is 0.957. The SMILES string of the molecule is C=Cc1c(/C=C\C)n(-c2cccc3c2oc2ccccc23)c2ccc(-c3ccc(N(c4ccc(-c5cccc6c5sc5ccccc56)cc4)c4cccc5ccccc45)cc3)cc12. The molecule has 12 aromatic rings. The average molecular weight is 825 g/mol. The third-order valence-corrected chi connectivity index (χ3v) is 13.7. The van der Waals surface area contributed by atoms with Gasteiger partial charge in [-0.05, 0) is 101 Å². The number of aromatic nitrogens is 1. The lowest BCUT2D eigenvalue weighted by Gasteiger charge is -2.27.